The number of benzene rings is 2. The summed E-state index contributed by atoms with van der Waals surface area (Å²) in [5, 5.41) is 13.6. The van der Waals surface area contributed by atoms with Crippen LogP contribution in [0.5, 0.6) is 17.2 Å². The van der Waals surface area contributed by atoms with Crippen molar-refractivity contribution < 1.29 is 28.9 Å². The van der Waals surface area contributed by atoms with Crippen LogP contribution in [0.4, 0.5) is 0 Å². The average Bonchev–Trinajstić information content (AvgIpc) is 2.82. The Bertz CT molecular complexity index is 1150. The molecule has 1 atom stereocenters. The van der Waals surface area contributed by atoms with Gasteiger partial charge in [-0.15, -0.1) is 0 Å². The molecule has 0 aromatic heterocycles. The van der Waals surface area contributed by atoms with E-state index in [-0.39, 0.29) is 18.1 Å². The van der Waals surface area contributed by atoms with Crippen LogP contribution in [0.15, 0.2) is 65.0 Å². The minimum atomic E-state index is -0.630. The normalized spacial score (nSPS) is 17.9. The van der Waals surface area contributed by atoms with Crippen LogP contribution in [0.1, 0.15) is 43.2 Å². The van der Waals surface area contributed by atoms with E-state index in [4.69, 9.17) is 14.2 Å². The lowest BCUT2D eigenvalue weighted by atomic mass is 9.75. The summed E-state index contributed by atoms with van der Waals surface area (Å²) in [4.78, 5) is 26.3. The molecule has 1 aliphatic carbocycles. The number of phenolic OH excluding ortho intramolecular Hbond substituents is 1. The molecule has 1 aliphatic heterocycles. The van der Waals surface area contributed by atoms with Gasteiger partial charge in [0, 0.05) is 29.3 Å². The lowest BCUT2D eigenvalue weighted by Crippen LogP contribution is -2.34. The van der Waals surface area contributed by atoms with Gasteiger partial charge in [0.1, 0.15) is 12.4 Å². The Morgan fingerprint density at radius 2 is 1.85 bits per heavy atom. The smallest absolute Gasteiger partial charge is 0.337 e. The van der Waals surface area contributed by atoms with Crippen molar-refractivity contribution in [3.8, 4) is 17.2 Å². The van der Waals surface area contributed by atoms with Gasteiger partial charge in [-0.1, -0.05) is 18.2 Å². The van der Waals surface area contributed by atoms with Gasteiger partial charge in [0.2, 0.25) is 0 Å². The third-order valence-corrected chi connectivity index (χ3v) is 6.06. The van der Waals surface area contributed by atoms with Gasteiger partial charge in [-0.25, -0.2) is 4.79 Å². The molecule has 33 heavy (non-hydrogen) atoms. The number of nitrogens with one attached hydrogen (secondary N) is 1. The van der Waals surface area contributed by atoms with Crippen LogP contribution in [0.3, 0.4) is 0 Å². The summed E-state index contributed by atoms with van der Waals surface area (Å²) in [6, 6.07) is 12.2. The van der Waals surface area contributed by atoms with E-state index in [0.717, 1.165) is 29.9 Å². The van der Waals surface area contributed by atoms with Gasteiger partial charge in [-0.05, 0) is 55.2 Å². The Morgan fingerprint density at radius 1 is 1.09 bits per heavy atom. The zero-order valence-electron chi connectivity index (χ0n) is 18.9. The molecule has 7 nitrogen and oxygen atoms in total. The molecule has 0 radical (unpaired) electrons. The molecule has 7 heteroatoms. The fourth-order valence-electron chi connectivity index (χ4n) is 4.42. The Labute approximate surface area is 192 Å². The number of methoxy groups -OCH3 is 2. The van der Waals surface area contributed by atoms with E-state index in [9.17, 15) is 14.7 Å². The van der Waals surface area contributed by atoms with Crippen LogP contribution in [-0.4, -0.2) is 31.1 Å². The molecule has 0 bridgehead atoms. The molecule has 2 aliphatic rings. The van der Waals surface area contributed by atoms with Crippen molar-refractivity contribution in [2.24, 2.45) is 0 Å². The summed E-state index contributed by atoms with van der Waals surface area (Å²) in [6.07, 6.45) is 1.91. The molecule has 0 saturated heterocycles. The summed E-state index contributed by atoms with van der Waals surface area (Å²) in [6.45, 7) is 1.89. The Hall–Kier alpha value is -3.74. The lowest BCUT2D eigenvalue weighted by Gasteiger charge is -2.34. The van der Waals surface area contributed by atoms with E-state index in [1.165, 1.54) is 7.11 Å². The van der Waals surface area contributed by atoms with E-state index < -0.39 is 11.9 Å². The molecule has 1 heterocycles. The monoisotopic (exact) mass is 449 g/mol. The number of hydrogen-bond donors (Lipinski definition) is 2. The van der Waals surface area contributed by atoms with Crippen LogP contribution in [0.25, 0.3) is 0 Å². The third-order valence-electron chi connectivity index (χ3n) is 6.06. The standard InChI is InChI=1S/C26H27NO6/c1-15-23(26(30)33-14-16-7-10-18(31-2)11-8-16)24(17-9-12-22(32-3)21(29)13-17)25-19(27-15)5-4-6-20(25)28/h7-13,24,27,29H,4-6,14H2,1-3H3/t24-/m1/s1. The Balaban J connectivity index is 1.68. The first-order chi connectivity index (χ1) is 15.9. The molecule has 0 unspecified atom stereocenters. The van der Waals surface area contributed by atoms with Gasteiger partial charge < -0.3 is 24.6 Å². The number of Topliss-reactive ketones (excluding diaryl/α,β-unsaturated/α-hetero) is 1. The van der Waals surface area contributed by atoms with Crippen molar-refractivity contribution >= 4 is 11.8 Å². The van der Waals surface area contributed by atoms with Crippen molar-refractivity contribution in [3.63, 3.8) is 0 Å². The van der Waals surface area contributed by atoms with Crippen molar-refractivity contribution in [1.29, 1.82) is 0 Å². The highest BCUT2D eigenvalue weighted by Crippen LogP contribution is 2.44. The fourth-order valence-corrected chi connectivity index (χ4v) is 4.42. The number of rotatable bonds is 6. The van der Waals surface area contributed by atoms with Crippen molar-refractivity contribution in [3.05, 3.63) is 76.1 Å². The fraction of sp³-hybridized carbons (Fsp3) is 0.308. The maximum Gasteiger partial charge on any atom is 0.337 e. The predicted octanol–water partition coefficient (Wildman–Crippen LogP) is 4.12. The van der Waals surface area contributed by atoms with Gasteiger partial charge in [0.05, 0.1) is 19.8 Å². The van der Waals surface area contributed by atoms with Crippen LogP contribution in [0.2, 0.25) is 0 Å². The first-order valence-electron chi connectivity index (χ1n) is 10.8. The first kappa shape index (κ1) is 22.5. The first-order valence-corrected chi connectivity index (χ1v) is 10.8. The molecule has 2 N–H and O–H groups in total. The number of dihydropyridines is 1. The molecular weight excluding hydrogens is 422 g/mol. The highest BCUT2D eigenvalue weighted by molar-refractivity contribution is 6.03. The minimum Gasteiger partial charge on any atom is -0.504 e. The van der Waals surface area contributed by atoms with Crippen LogP contribution >= 0.6 is 0 Å². The number of carbonyl (C=O) groups excluding carboxylic acids is 2. The Morgan fingerprint density at radius 3 is 2.52 bits per heavy atom. The van der Waals surface area contributed by atoms with Crippen LogP contribution in [0, 0.1) is 0 Å². The molecule has 172 valence electrons. The van der Waals surface area contributed by atoms with E-state index >= 15 is 0 Å². The Kier molecular flexibility index (Phi) is 6.40. The minimum absolute atomic E-state index is 0.00277. The van der Waals surface area contributed by atoms with Gasteiger partial charge in [-0.2, -0.15) is 0 Å². The molecule has 2 aromatic carbocycles. The average molecular weight is 450 g/mol. The molecule has 0 saturated carbocycles. The number of hydrogen-bond acceptors (Lipinski definition) is 7. The van der Waals surface area contributed by atoms with Crippen molar-refractivity contribution in [1.82, 2.24) is 5.32 Å². The highest BCUT2D eigenvalue weighted by Gasteiger charge is 2.39. The molecular formula is C26H27NO6. The van der Waals surface area contributed by atoms with E-state index in [0.29, 0.717) is 34.6 Å². The number of carbonyl (C=O) groups is 2. The zero-order chi connectivity index (χ0) is 23.5. The van der Waals surface area contributed by atoms with Crippen molar-refractivity contribution in [2.45, 2.75) is 38.7 Å². The van der Waals surface area contributed by atoms with Crippen LogP contribution in [-0.2, 0) is 20.9 Å². The number of phenols is 1. The molecule has 0 amide bonds. The van der Waals surface area contributed by atoms with Crippen molar-refractivity contribution in [2.75, 3.05) is 14.2 Å². The molecule has 2 aromatic rings. The number of ketones is 1. The number of esters is 1. The highest BCUT2D eigenvalue weighted by atomic mass is 16.5. The topological polar surface area (TPSA) is 94.1 Å². The second-order valence-electron chi connectivity index (χ2n) is 8.12. The van der Waals surface area contributed by atoms with Gasteiger partial charge >= 0.3 is 5.97 Å². The number of allylic oxidation sites excluding steroid dienone is 3. The summed E-state index contributed by atoms with van der Waals surface area (Å²) < 4.78 is 16.0. The molecule has 0 fully saturated rings. The lowest BCUT2D eigenvalue weighted by molar-refractivity contribution is -0.140. The molecule has 4 rings (SSSR count). The quantitative estimate of drug-likeness (QED) is 0.641. The SMILES string of the molecule is COc1ccc(COC(=O)C2=C(C)NC3=C(C(=O)CCC3)[C@@H]2c2ccc(OC)c(O)c2)cc1. The van der Waals surface area contributed by atoms with E-state index in [1.807, 2.05) is 19.1 Å². The molecule has 0 spiro atoms. The summed E-state index contributed by atoms with van der Waals surface area (Å²) >= 11 is 0. The maximum atomic E-state index is 13.3. The summed E-state index contributed by atoms with van der Waals surface area (Å²) in [5.41, 5.74) is 3.85. The van der Waals surface area contributed by atoms with Gasteiger partial charge in [-0.3, -0.25) is 4.79 Å². The largest absolute Gasteiger partial charge is 0.504 e. The maximum absolute atomic E-state index is 13.3. The van der Waals surface area contributed by atoms with Gasteiger partial charge in [0.15, 0.2) is 17.3 Å². The summed E-state index contributed by atoms with van der Waals surface area (Å²) in [7, 11) is 3.06. The number of aromatic hydroxyl groups is 1. The zero-order valence-corrected chi connectivity index (χ0v) is 18.9. The predicted molar refractivity (Wildman–Crippen MR) is 122 cm³/mol. The van der Waals surface area contributed by atoms with E-state index in [2.05, 4.69) is 5.32 Å². The second-order valence-corrected chi connectivity index (χ2v) is 8.12. The third kappa shape index (κ3) is 4.44. The van der Waals surface area contributed by atoms with Gasteiger partial charge in [0.25, 0.3) is 0 Å². The second kappa shape index (κ2) is 9.40. The van der Waals surface area contributed by atoms with Crippen LogP contribution < -0.4 is 14.8 Å². The van der Waals surface area contributed by atoms with E-state index in [1.54, 1.807) is 37.4 Å². The summed E-state index contributed by atoms with van der Waals surface area (Å²) in [5.74, 6) is -0.161. The number of ether oxygens (including phenoxy) is 3.